The van der Waals surface area contributed by atoms with Crippen LogP contribution in [-0.2, 0) is 14.3 Å². The van der Waals surface area contributed by atoms with Gasteiger partial charge in [-0.1, -0.05) is 30.3 Å². The van der Waals surface area contributed by atoms with E-state index >= 15 is 0 Å². The Hall–Kier alpha value is -3.08. The molecule has 2 aromatic carbocycles. The molecule has 5 nitrogen and oxygen atoms in total. The average molecular weight is 339 g/mol. The highest BCUT2D eigenvalue weighted by atomic mass is 16.5. The Balaban J connectivity index is 1.89. The predicted octanol–water partition coefficient (Wildman–Crippen LogP) is 3.56. The van der Waals surface area contributed by atoms with Crippen LogP contribution in [0.15, 0.2) is 60.7 Å². The van der Waals surface area contributed by atoms with E-state index in [1.54, 1.807) is 6.08 Å². The Bertz CT molecular complexity index is 738. The van der Waals surface area contributed by atoms with Crippen molar-refractivity contribution in [2.24, 2.45) is 0 Å². The van der Waals surface area contributed by atoms with Gasteiger partial charge in [-0.3, -0.25) is 4.79 Å². The maximum atomic E-state index is 11.7. The molecule has 1 N–H and O–H groups in total. The average Bonchev–Trinajstić information content (AvgIpc) is 2.59. The number of nitrogens with one attached hydrogen (secondary N) is 1. The highest BCUT2D eigenvalue weighted by Crippen LogP contribution is 2.22. The molecular weight excluding hydrogens is 318 g/mol. The number of carbonyl (C=O) groups is 2. The number of para-hydroxylation sites is 1. The summed E-state index contributed by atoms with van der Waals surface area (Å²) in [6, 6.07) is 16.8. The second-order valence-electron chi connectivity index (χ2n) is 5.65. The van der Waals surface area contributed by atoms with Crippen molar-refractivity contribution in [2.75, 3.05) is 6.61 Å². The quantitative estimate of drug-likeness (QED) is 0.619. The van der Waals surface area contributed by atoms with Crippen molar-refractivity contribution < 1.29 is 19.1 Å². The topological polar surface area (TPSA) is 64.6 Å². The highest BCUT2D eigenvalue weighted by molar-refractivity contribution is 5.89. The zero-order valence-electron chi connectivity index (χ0n) is 14.3. The summed E-state index contributed by atoms with van der Waals surface area (Å²) in [4.78, 5) is 23.1. The van der Waals surface area contributed by atoms with Gasteiger partial charge in [0.15, 0.2) is 6.61 Å². The van der Waals surface area contributed by atoms with Gasteiger partial charge in [0, 0.05) is 12.1 Å². The molecule has 0 heterocycles. The molecule has 0 unspecified atom stereocenters. The third-order valence-corrected chi connectivity index (χ3v) is 3.04. The van der Waals surface area contributed by atoms with Gasteiger partial charge in [0.25, 0.3) is 5.91 Å². The van der Waals surface area contributed by atoms with Crippen LogP contribution >= 0.6 is 0 Å². The molecular formula is C20H21NO4. The second-order valence-corrected chi connectivity index (χ2v) is 5.65. The van der Waals surface area contributed by atoms with Crippen molar-refractivity contribution in [2.45, 2.75) is 19.9 Å². The minimum Gasteiger partial charge on any atom is -0.457 e. The molecule has 130 valence electrons. The third-order valence-electron chi connectivity index (χ3n) is 3.04. The minimum atomic E-state index is -0.576. The van der Waals surface area contributed by atoms with Crippen molar-refractivity contribution in [3.63, 3.8) is 0 Å². The molecule has 0 aromatic heterocycles. The Morgan fingerprint density at radius 1 is 1.04 bits per heavy atom. The van der Waals surface area contributed by atoms with Crippen LogP contribution in [0.2, 0.25) is 0 Å². The van der Waals surface area contributed by atoms with Gasteiger partial charge in [-0.15, -0.1) is 0 Å². The van der Waals surface area contributed by atoms with Crippen molar-refractivity contribution in [1.29, 1.82) is 0 Å². The highest BCUT2D eigenvalue weighted by Gasteiger charge is 2.06. The molecule has 25 heavy (non-hydrogen) atoms. The number of carbonyl (C=O) groups excluding carboxylic acids is 2. The Morgan fingerprint density at radius 2 is 1.76 bits per heavy atom. The van der Waals surface area contributed by atoms with Crippen LogP contribution in [0.5, 0.6) is 11.5 Å². The SMILES string of the molecule is CC(C)NC(=O)COC(=O)/C=C/c1cccc(Oc2ccccc2)c1. The number of amides is 1. The first kappa shape index (κ1) is 18.3. The maximum absolute atomic E-state index is 11.7. The minimum absolute atomic E-state index is 0.00842. The van der Waals surface area contributed by atoms with E-state index in [1.165, 1.54) is 6.08 Å². The Labute approximate surface area is 147 Å². The van der Waals surface area contributed by atoms with Crippen molar-refractivity contribution in [3.8, 4) is 11.5 Å². The van der Waals surface area contributed by atoms with E-state index in [1.807, 2.05) is 68.4 Å². The van der Waals surface area contributed by atoms with Crippen LogP contribution in [0.4, 0.5) is 0 Å². The lowest BCUT2D eigenvalue weighted by atomic mass is 10.2. The molecule has 2 rings (SSSR count). The van der Waals surface area contributed by atoms with E-state index in [2.05, 4.69) is 5.32 Å². The van der Waals surface area contributed by atoms with E-state index in [9.17, 15) is 9.59 Å². The van der Waals surface area contributed by atoms with Gasteiger partial charge >= 0.3 is 5.97 Å². The third kappa shape index (κ3) is 6.91. The van der Waals surface area contributed by atoms with Crippen molar-refractivity contribution in [1.82, 2.24) is 5.32 Å². The lowest BCUT2D eigenvalue weighted by Crippen LogP contribution is -2.33. The Kier molecular flexibility index (Phi) is 6.77. The van der Waals surface area contributed by atoms with Crippen LogP contribution < -0.4 is 10.1 Å². The van der Waals surface area contributed by atoms with E-state index in [-0.39, 0.29) is 18.6 Å². The normalized spacial score (nSPS) is 10.7. The van der Waals surface area contributed by atoms with Gasteiger partial charge in [0.2, 0.25) is 0 Å². The van der Waals surface area contributed by atoms with Crippen LogP contribution in [-0.4, -0.2) is 24.5 Å². The zero-order chi connectivity index (χ0) is 18.1. The van der Waals surface area contributed by atoms with Gasteiger partial charge in [0.1, 0.15) is 11.5 Å². The van der Waals surface area contributed by atoms with Gasteiger partial charge in [-0.05, 0) is 49.8 Å². The number of esters is 1. The summed E-state index contributed by atoms with van der Waals surface area (Å²) in [5, 5.41) is 2.65. The molecule has 0 radical (unpaired) electrons. The van der Waals surface area contributed by atoms with Crippen LogP contribution in [0, 0.1) is 0 Å². The van der Waals surface area contributed by atoms with Gasteiger partial charge < -0.3 is 14.8 Å². The predicted molar refractivity (Wildman–Crippen MR) is 96.2 cm³/mol. The molecule has 0 aliphatic carbocycles. The molecule has 0 atom stereocenters. The van der Waals surface area contributed by atoms with E-state index in [4.69, 9.17) is 9.47 Å². The summed E-state index contributed by atoms with van der Waals surface area (Å²) in [5.41, 5.74) is 0.789. The summed E-state index contributed by atoms with van der Waals surface area (Å²) < 4.78 is 10.6. The van der Waals surface area contributed by atoms with Crippen LogP contribution in [0.25, 0.3) is 6.08 Å². The standard InChI is InChI=1S/C20H21NO4/c1-15(2)21-19(22)14-24-20(23)12-11-16-7-6-10-18(13-16)25-17-8-4-3-5-9-17/h3-13,15H,14H2,1-2H3,(H,21,22)/b12-11+. The number of ether oxygens (including phenoxy) is 2. The summed E-state index contributed by atoms with van der Waals surface area (Å²) in [6.07, 6.45) is 2.89. The number of benzene rings is 2. The summed E-state index contributed by atoms with van der Waals surface area (Å²) >= 11 is 0. The fourth-order valence-corrected chi connectivity index (χ4v) is 2.02. The fourth-order valence-electron chi connectivity index (χ4n) is 2.02. The first-order valence-corrected chi connectivity index (χ1v) is 8.00. The summed E-state index contributed by atoms with van der Waals surface area (Å²) in [7, 11) is 0. The fraction of sp³-hybridized carbons (Fsp3) is 0.200. The lowest BCUT2D eigenvalue weighted by Gasteiger charge is -2.07. The smallest absolute Gasteiger partial charge is 0.331 e. The lowest BCUT2D eigenvalue weighted by molar-refractivity contribution is -0.143. The number of rotatable bonds is 7. The molecule has 0 aliphatic heterocycles. The monoisotopic (exact) mass is 339 g/mol. The molecule has 0 fully saturated rings. The molecule has 5 heteroatoms. The van der Waals surface area contributed by atoms with Gasteiger partial charge in [0.05, 0.1) is 0 Å². The molecule has 0 bridgehead atoms. The first-order chi connectivity index (χ1) is 12.0. The van der Waals surface area contributed by atoms with Gasteiger partial charge in [-0.2, -0.15) is 0 Å². The zero-order valence-corrected chi connectivity index (χ0v) is 14.3. The second kappa shape index (κ2) is 9.27. The molecule has 0 saturated heterocycles. The molecule has 1 amide bonds. The maximum Gasteiger partial charge on any atom is 0.331 e. The van der Waals surface area contributed by atoms with Crippen LogP contribution in [0.3, 0.4) is 0 Å². The molecule has 0 aliphatic rings. The largest absolute Gasteiger partial charge is 0.457 e. The van der Waals surface area contributed by atoms with E-state index in [0.29, 0.717) is 5.75 Å². The number of hydrogen-bond donors (Lipinski definition) is 1. The first-order valence-electron chi connectivity index (χ1n) is 8.00. The number of hydrogen-bond acceptors (Lipinski definition) is 4. The molecule has 0 spiro atoms. The van der Waals surface area contributed by atoms with Crippen LogP contribution in [0.1, 0.15) is 19.4 Å². The van der Waals surface area contributed by atoms with Gasteiger partial charge in [-0.25, -0.2) is 4.79 Å². The van der Waals surface area contributed by atoms with Crippen molar-refractivity contribution in [3.05, 3.63) is 66.2 Å². The van der Waals surface area contributed by atoms with E-state index < -0.39 is 5.97 Å². The van der Waals surface area contributed by atoms with E-state index in [0.717, 1.165) is 11.3 Å². The molecule has 2 aromatic rings. The summed E-state index contributed by atoms with van der Waals surface area (Å²) in [5.74, 6) is 0.500. The Morgan fingerprint density at radius 3 is 2.48 bits per heavy atom. The summed E-state index contributed by atoms with van der Waals surface area (Å²) in [6.45, 7) is 3.38. The van der Waals surface area contributed by atoms with Crippen molar-refractivity contribution >= 4 is 18.0 Å². The molecule has 0 saturated carbocycles.